The summed E-state index contributed by atoms with van der Waals surface area (Å²) >= 11 is 9.58. The highest BCUT2D eigenvalue weighted by atomic mass is 79.9. The van der Waals surface area contributed by atoms with Gasteiger partial charge in [0, 0.05) is 11.0 Å². The number of nitrogens with one attached hydrogen (secondary N) is 1. The third-order valence-electron chi connectivity index (χ3n) is 3.12. The molecule has 2 rings (SSSR count). The van der Waals surface area contributed by atoms with Crippen molar-refractivity contribution in [3.63, 3.8) is 0 Å². The lowest BCUT2D eigenvalue weighted by Gasteiger charge is -2.12. The Kier molecular flexibility index (Phi) is 4.31. The molecule has 2 aromatic carbocycles. The highest BCUT2D eigenvalue weighted by Gasteiger charge is 2.03. The normalized spacial score (nSPS) is 10.4. The molecule has 0 unspecified atom stereocenters. The van der Waals surface area contributed by atoms with Gasteiger partial charge in [-0.05, 0) is 48.7 Å². The number of benzene rings is 2. The minimum absolute atomic E-state index is 0.731. The molecule has 0 heterocycles. The second-order valence-electron chi connectivity index (χ2n) is 4.34. The van der Waals surface area contributed by atoms with Crippen LogP contribution in [0, 0.1) is 13.8 Å². The highest BCUT2D eigenvalue weighted by Crippen LogP contribution is 2.26. The Morgan fingerprint density at radius 1 is 1.17 bits per heavy atom. The molecule has 0 aliphatic heterocycles. The monoisotopic (exact) mass is 323 g/mol. The molecule has 3 heteroatoms. The molecule has 2 aromatic rings. The number of hydrogen-bond acceptors (Lipinski definition) is 1. The van der Waals surface area contributed by atoms with Crippen LogP contribution in [0.25, 0.3) is 0 Å². The van der Waals surface area contributed by atoms with Crippen LogP contribution < -0.4 is 5.32 Å². The maximum atomic E-state index is 6.17. The zero-order valence-electron chi connectivity index (χ0n) is 10.4. The highest BCUT2D eigenvalue weighted by molar-refractivity contribution is 9.10. The zero-order valence-corrected chi connectivity index (χ0v) is 12.8. The number of rotatable bonds is 3. The summed E-state index contributed by atoms with van der Waals surface area (Å²) in [6.07, 6.45) is 0. The number of halogens is 2. The quantitative estimate of drug-likeness (QED) is 0.804. The van der Waals surface area contributed by atoms with Gasteiger partial charge in [0.05, 0.1) is 10.7 Å². The van der Waals surface area contributed by atoms with Crippen molar-refractivity contribution in [1.82, 2.24) is 0 Å². The Morgan fingerprint density at radius 2 is 1.94 bits per heavy atom. The molecule has 0 aliphatic carbocycles. The van der Waals surface area contributed by atoms with Gasteiger partial charge in [0.15, 0.2) is 0 Å². The van der Waals surface area contributed by atoms with Crippen LogP contribution in [0.3, 0.4) is 0 Å². The molecule has 0 bridgehead atoms. The SMILES string of the molecule is Cc1cccc(CNc2ccc(Br)cc2Cl)c1C. The molecule has 18 heavy (non-hydrogen) atoms. The first-order chi connectivity index (χ1) is 8.58. The first kappa shape index (κ1) is 13.4. The predicted molar refractivity (Wildman–Crippen MR) is 82.4 cm³/mol. The molecule has 0 saturated carbocycles. The molecule has 0 spiro atoms. The van der Waals surface area contributed by atoms with E-state index in [9.17, 15) is 0 Å². The summed E-state index contributed by atoms with van der Waals surface area (Å²) in [6, 6.07) is 12.2. The van der Waals surface area contributed by atoms with Crippen LogP contribution in [-0.2, 0) is 6.54 Å². The molecular formula is C15H15BrClN. The molecule has 0 aromatic heterocycles. The fourth-order valence-corrected chi connectivity index (χ4v) is 2.57. The lowest BCUT2D eigenvalue weighted by molar-refractivity contribution is 1.10. The van der Waals surface area contributed by atoms with Crippen molar-refractivity contribution in [2.24, 2.45) is 0 Å². The Hall–Kier alpha value is -0.990. The Morgan fingerprint density at radius 3 is 2.67 bits per heavy atom. The van der Waals surface area contributed by atoms with E-state index >= 15 is 0 Å². The first-order valence-corrected chi connectivity index (χ1v) is 6.99. The van der Waals surface area contributed by atoms with Gasteiger partial charge in [-0.25, -0.2) is 0 Å². The van der Waals surface area contributed by atoms with Crippen molar-refractivity contribution in [3.05, 3.63) is 62.6 Å². The fraction of sp³-hybridized carbons (Fsp3) is 0.200. The van der Waals surface area contributed by atoms with E-state index in [0.717, 1.165) is 21.7 Å². The molecular weight excluding hydrogens is 310 g/mol. The largest absolute Gasteiger partial charge is 0.380 e. The minimum Gasteiger partial charge on any atom is -0.380 e. The van der Waals surface area contributed by atoms with Crippen LogP contribution in [0.5, 0.6) is 0 Å². The van der Waals surface area contributed by atoms with E-state index in [-0.39, 0.29) is 0 Å². The van der Waals surface area contributed by atoms with Crippen LogP contribution in [0.1, 0.15) is 16.7 Å². The second-order valence-corrected chi connectivity index (χ2v) is 5.66. The van der Waals surface area contributed by atoms with Gasteiger partial charge in [0.2, 0.25) is 0 Å². The van der Waals surface area contributed by atoms with E-state index in [1.165, 1.54) is 16.7 Å². The maximum absolute atomic E-state index is 6.17. The molecule has 0 amide bonds. The molecule has 0 fully saturated rings. The van der Waals surface area contributed by atoms with Gasteiger partial charge in [0.25, 0.3) is 0 Å². The van der Waals surface area contributed by atoms with Gasteiger partial charge >= 0.3 is 0 Å². The molecule has 0 radical (unpaired) electrons. The van der Waals surface area contributed by atoms with E-state index in [4.69, 9.17) is 11.6 Å². The summed E-state index contributed by atoms with van der Waals surface area (Å²) in [4.78, 5) is 0. The first-order valence-electron chi connectivity index (χ1n) is 5.82. The molecule has 1 nitrogen and oxygen atoms in total. The van der Waals surface area contributed by atoms with Gasteiger partial charge < -0.3 is 5.32 Å². The fourth-order valence-electron chi connectivity index (χ4n) is 1.83. The lowest BCUT2D eigenvalue weighted by atomic mass is 10.0. The summed E-state index contributed by atoms with van der Waals surface area (Å²) < 4.78 is 0.991. The van der Waals surface area contributed by atoms with Crippen LogP contribution in [0.4, 0.5) is 5.69 Å². The van der Waals surface area contributed by atoms with Gasteiger partial charge in [-0.3, -0.25) is 0 Å². The number of aryl methyl sites for hydroxylation is 1. The third-order valence-corrected chi connectivity index (χ3v) is 3.92. The van der Waals surface area contributed by atoms with E-state index in [1.807, 2.05) is 18.2 Å². The van der Waals surface area contributed by atoms with Crippen LogP contribution >= 0.6 is 27.5 Å². The average molecular weight is 325 g/mol. The van der Waals surface area contributed by atoms with E-state index < -0.39 is 0 Å². The van der Waals surface area contributed by atoms with E-state index in [0.29, 0.717) is 0 Å². The van der Waals surface area contributed by atoms with Gasteiger partial charge in [-0.2, -0.15) is 0 Å². The summed E-state index contributed by atoms with van der Waals surface area (Å²) in [5.74, 6) is 0. The minimum atomic E-state index is 0.731. The van der Waals surface area contributed by atoms with Crippen molar-refractivity contribution in [2.45, 2.75) is 20.4 Å². The Bertz CT molecular complexity index is 566. The smallest absolute Gasteiger partial charge is 0.0648 e. The van der Waals surface area contributed by atoms with Crippen molar-refractivity contribution < 1.29 is 0 Å². The summed E-state index contributed by atoms with van der Waals surface area (Å²) in [5, 5.41) is 4.10. The summed E-state index contributed by atoms with van der Waals surface area (Å²) in [5.41, 5.74) is 4.91. The maximum Gasteiger partial charge on any atom is 0.0648 e. The molecule has 0 saturated heterocycles. The molecule has 94 valence electrons. The summed E-state index contributed by atoms with van der Waals surface area (Å²) in [7, 11) is 0. The molecule has 0 aliphatic rings. The van der Waals surface area contributed by atoms with E-state index in [1.54, 1.807) is 0 Å². The van der Waals surface area contributed by atoms with Gasteiger partial charge in [-0.1, -0.05) is 45.7 Å². The van der Waals surface area contributed by atoms with Crippen molar-refractivity contribution in [1.29, 1.82) is 0 Å². The third kappa shape index (κ3) is 3.06. The standard InChI is InChI=1S/C15H15BrClN/c1-10-4-3-5-12(11(10)2)9-18-15-7-6-13(16)8-14(15)17/h3-8,18H,9H2,1-2H3. The van der Waals surface area contributed by atoms with Crippen molar-refractivity contribution in [3.8, 4) is 0 Å². The molecule has 0 atom stereocenters. The van der Waals surface area contributed by atoms with Crippen molar-refractivity contribution >= 4 is 33.2 Å². The van der Waals surface area contributed by atoms with Crippen LogP contribution in [0.15, 0.2) is 40.9 Å². The van der Waals surface area contributed by atoms with Crippen LogP contribution in [0.2, 0.25) is 5.02 Å². The predicted octanol–water partition coefficient (Wildman–Crippen LogP) is 5.33. The topological polar surface area (TPSA) is 12.0 Å². The summed E-state index contributed by atoms with van der Waals surface area (Å²) in [6.45, 7) is 5.07. The van der Waals surface area contributed by atoms with Gasteiger partial charge in [-0.15, -0.1) is 0 Å². The van der Waals surface area contributed by atoms with Crippen molar-refractivity contribution in [2.75, 3.05) is 5.32 Å². The van der Waals surface area contributed by atoms with E-state index in [2.05, 4.69) is 53.3 Å². The Labute approximate surface area is 121 Å². The zero-order chi connectivity index (χ0) is 13.1. The molecule has 1 N–H and O–H groups in total. The second kappa shape index (κ2) is 5.77. The average Bonchev–Trinajstić information content (AvgIpc) is 2.33. The lowest BCUT2D eigenvalue weighted by Crippen LogP contribution is -2.02. The number of anilines is 1. The van der Waals surface area contributed by atoms with Gasteiger partial charge in [0.1, 0.15) is 0 Å². The number of hydrogen-bond donors (Lipinski definition) is 1. The Balaban J connectivity index is 2.14. The van der Waals surface area contributed by atoms with Crippen LogP contribution in [-0.4, -0.2) is 0 Å².